The fourth-order valence-electron chi connectivity index (χ4n) is 1.92. The molecule has 2 amide bonds. The minimum absolute atomic E-state index is 0.0503. The predicted molar refractivity (Wildman–Crippen MR) is 80.7 cm³/mol. The molecule has 0 saturated heterocycles. The van der Waals surface area contributed by atoms with Gasteiger partial charge in [0.25, 0.3) is 5.91 Å². The Kier molecular flexibility index (Phi) is 6.78. The summed E-state index contributed by atoms with van der Waals surface area (Å²) >= 11 is 0. The zero-order chi connectivity index (χ0) is 15.8. The molecule has 0 atom stereocenters. The standard InChI is InChI=1S/C15H24N4O2/c1-11(2)10-19(8-5-14(20)18-12(3)4)15(21)13-9-16-6-7-17-13/h6-7,9,11-12H,5,8,10H2,1-4H3,(H,18,20). The highest BCUT2D eigenvalue weighted by molar-refractivity contribution is 5.92. The molecule has 1 N–H and O–H groups in total. The van der Waals surface area contributed by atoms with E-state index in [1.165, 1.54) is 18.6 Å². The molecule has 0 aliphatic carbocycles. The van der Waals surface area contributed by atoms with Crippen molar-refractivity contribution in [2.75, 3.05) is 13.1 Å². The van der Waals surface area contributed by atoms with Crippen molar-refractivity contribution in [3.05, 3.63) is 24.3 Å². The van der Waals surface area contributed by atoms with Crippen molar-refractivity contribution in [1.82, 2.24) is 20.2 Å². The van der Waals surface area contributed by atoms with Crippen LogP contribution in [0.5, 0.6) is 0 Å². The number of nitrogens with one attached hydrogen (secondary N) is 1. The molecule has 0 fully saturated rings. The minimum Gasteiger partial charge on any atom is -0.354 e. The van der Waals surface area contributed by atoms with Gasteiger partial charge in [0.15, 0.2) is 0 Å². The molecule has 0 aliphatic rings. The van der Waals surface area contributed by atoms with E-state index in [-0.39, 0.29) is 24.3 Å². The highest BCUT2D eigenvalue weighted by Crippen LogP contribution is 2.06. The summed E-state index contributed by atoms with van der Waals surface area (Å²) in [4.78, 5) is 33.7. The number of hydrogen-bond acceptors (Lipinski definition) is 4. The lowest BCUT2D eigenvalue weighted by atomic mass is 10.2. The van der Waals surface area contributed by atoms with Gasteiger partial charge in [-0.2, -0.15) is 0 Å². The van der Waals surface area contributed by atoms with Gasteiger partial charge in [0.05, 0.1) is 6.20 Å². The Hall–Kier alpha value is -1.98. The number of aromatic nitrogens is 2. The van der Waals surface area contributed by atoms with E-state index in [0.29, 0.717) is 24.7 Å². The number of carbonyl (C=O) groups excluding carboxylic acids is 2. The Morgan fingerprint density at radius 1 is 1.24 bits per heavy atom. The van der Waals surface area contributed by atoms with Gasteiger partial charge in [-0.05, 0) is 19.8 Å². The highest BCUT2D eigenvalue weighted by Gasteiger charge is 2.19. The van der Waals surface area contributed by atoms with Crippen LogP contribution < -0.4 is 5.32 Å². The van der Waals surface area contributed by atoms with Crippen LogP contribution in [0.15, 0.2) is 18.6 Å². The Morgan fingerprint density at radius 3 is 2.48 bits per heavy atom. The first-order valence-electron chi connectivity index (χ1n) is 7.24. The van der Waals surface area contributed by atoms with Crippen LogP contribution in [-0.2, 0) is 4.79 Å². The second kappa shape index (κ2) is 8.34. The first-order valence-corrected chi connectivity index (χ1v) is 7.24. The first-order chi connectivity index (χ1) is 9.90. The van der Waals surface area contributed by atoms with Crippen molar-refractivity contribution in [3.8, 4) is 0 Å². The second-order valence-corrected chi connectivity index (χ2v) is 5.71. The molecule has 0 bridgehead atoms. The van der Waals surface area contributed by atoms with Crippen LogP contribution in [0.4, 0.5) is 0 Å². The highest BCUT2D eigenvalue weighted by atomic mass is 16.2. The minimum atomic E-state index is -0.186. The maximum atomic E-state index is 12.4. The van der Waals surface area contributed by atoms with Gasteiger partial charge in [-0.3, -0.25) is 14.6 Å². The molecule has 1 aromatic rings. The van der Waals surface area contributed by atoms with Gasteiger partial charge in [-0.25, -0.2) is 4.98 Å². The molecule has 6 heteroatoms. The van der Waals surface area contributed by atoms with Crippen LogP contribution >= 0.6 is 0 Å². The largest absolute Gasteiger partial charge is 0.354 e. The van der Waals surface area contributed by atoms with E-state index in [2.05, 4.69) is 15.3 Å². The smallest absolute Gasteiger partial charge is 0.274 e. The van der Waals surface area contributed by atoms with E-state index in [1.807, 2.05) is 27.7 Å². The Balaban J connectivity index is 2.68. The third-order valence-corrected chi connectivity index (χ3v) is 2.71. The lowest BCUT2D eigenvalue weighted by Gasteiger charge is -2.24. The summed E-state index contributed by atoms with van der Waals surface area (Å²) in [5, 5.41) is 2.83. The molecule has 0 saturated carbocycles. The van der Waals surface area contributed by atoms with Gasteiger partial charge in [-0.15, -0.1) is 0 Å². The van der Waals surface area contributed by atoms with E-state index < -0.39 is 0 Å². The third kappa shape index (κ3) is 6.33. The quantitative estimate of drug-likeness (QED) is 0.826. The molecule has 1 heterocycles. The van der Waals surface area contributed by atoms with E-state index in [9.17, 15) is 9.59 Å². The van der Waals surface area contributed by atoms with Crippen molar-refractivity contribution in [2.45, 2.75) is 40.2 Å². The van der Waals surface area contributed by atoms with Crippen LogP contribution in [0.3, 0.4) is 0 Å². The van der Waals surface area contributed by atoms with Crippen molar-refractivity contribution >= 4 is 11.8 Å². The molecule has 1 aromatic heterocycles. The van der Waals surface area contributed by atoms with Crippen LogP contribution in [0.2, 0.25) is 0 Å². The zero-order valence-corrected chi connectivity index (χ0v) is 13.2. The number of rotatable bonds is 7. The average molecular weight is 292 g/mol. The van der Waals surface area contributed by atoms with Gasteiger partial charge in [0.2, 0.25) is 5.91 Å². The molecule has 1 rings (SSSR count). The number of hydrogen-bond donors (Lipinski definition) is 1. The second-order valence-electron chi connectivity index (χ2n) is 5.71. The Morgan fingerprint density at radius 2 is 1.95 bits per heavy atom. The lowest BCUT2D eigenvalue weighted by Crippen LogP contribution is -2.39. The molecule has 6 nitrogen and oxygen atoms in total. The van der Waals surface area contributed by atoms with E-state index in [1.54, 1.807) is 4.90 Å². The SMILES string of the molecule is CC(C)CN(CCC(=O)NC(C)C)C(=O)c1cnccn1. The zero-order valence-electron chi connectivity index (χ0n) is 13.2. The summed E-state index contributed by atoms with van der Waals surface area (Å²) in [6.07, 6.45) is 4.76. The van der Waals surface area contributed by atoms with Crippen LogP contribution in [-0.4, -0.2) is 45.8 Å². The van der Waals surface area contributed by atoms with Crippen molar-refractivity contribution in [3.63, 3.8) is 0 Å². The van der Waals surface area contributed by atoms with Gasteiger partial charge in [-0.1, -0.05) is 13.8 Å². The molecule has 0 aliphatic heterocycles. The maximum Gasteiger partial charge on any atom is 0.274 e. The molecule has 0 spiro atoms. The molecule has 0 unspecified atom stereocenters. The molecular weight excluding hydrogens is 268 g/mol. The van der Waals surface area contributed by atoms with Gasteiger partial charge < -0.3 is 10.2 Å². The average Bonchev–Trinajstić information content (AvgIpc) is 2.42. The first kappa shape index (κ1) is 17.1. The molecular formula is C15H24N4O2. The summed E-state index contributed by atoms with van der Waals surface area (Å²) in [6.45, 7) is 8.86. The van der Waals surface area contributed by atoms with Crippen LogP contribution in [0.1, 0.15) is 44.6 Å². The van der Waals surface area contributed by atoms with E-state index in [4.69, 9.17) is 0 Å². The number of carbonyl (C=O) groups is 2. The summed E-state index contributed by atoms with van der Waals surface area (Å²) in [6, 6.07) is 0.103. The topological polar surface area (TPSA) is 75.2 Å². The molecule has 116 valence electrons. The molecule has 21 heavy (non-hydrogen) atoms. The van der Waals surface area contributed by atoms with E-state index in [0.717, 1.165) is 0 Å². The van der Waals surface area contributed by atoms with Gasteiger partial charge in [0, 0.05) is 37.9 Å². The van der Waals surface area contributed by atoms with Crippen LogP contribution in [0, 0.1) is 5.92 Å². The third-order valence-electron chi connectivity index (χ3n) is 2.71. The number of nitrogens with zero attached hydrogens (tertiary/aromatic N) is 3. The normalized spacial score (nSPS) is 10.8. The fourth-order valence-corrected chi connectivity index (χ4v) is 1.92. The monoisotopic (exact) mass is 292 g/mol. The van der Waals surface area contributed by atoms with Gasteiger partial charge in [0.1, 0.15) is 5.69 Å². The van der Waals surface area contributed by atoms with E-state index >= 15 is 0 Å². The van der Waals surface area contributed by atoms with Crippen molar-refractivity contribution in [1.29, 1.82) is 0 Å². The van der Waals surface area contributed by atoms with Crippen molar-refractivity contribution < 1.29 is 9.59 Å². The maximum absolute atomic E-state index is 12.4. The Bertz CT molecular complexity index is 460. The summed E-state index contributed by atoms with van der Waals surface area (Å²) in [5.74, 6) is 0.0821. The number of amides is 2. The summed E-state index contributed by atoms with van der Waals surface area (Å²) in [5.41, 5.74) is 0.308. The summed E-state index contributed by atoms with van der Waals surface area (Å²) < 4.78 is 0. The van der Waals surface area contributed by atoms with Crippen molar-refractivity contribution in [2.24, 2.45) is 5.92 Å². The van der Waals surface area contributed by atoms with Gasteiger partial charge >= 0.3 is 0 Å². The Labute approximate surface area is 126 Å². The lowest BCUT2D eigenvalue weighted by molar-refractivity contribution is -0.121. The van der Waals surface area contributed by atoms with Crippen LogP contribution in [0.25, 0.3) is 0 Å². The predicted octanol–water partition coefficient (Wildman–Crippen LogP) is 1.49. The molecule has 0 aromatic carbocycles. The molecule has 0 radical (unpaired) electrons. The summed E-state index contributed by atoms with van der Waals surface area (Å²) in [7, 11) is 0. The fraction of sp³-hybridized carbons (Fsp3) is 0.600.